The molecular formula is C16H20N2O3S3. The van der Waals surface area contributed by atoms with E-state index in [1.165, 1.54) is 52.0 Å². The van der Waals surface area contributed by atoms with Crippen LogP contribution in [0.3, 0.4) is 0 Å². The van der Waals surface area contributed by atoms with Crippen molar-refractivity contribution in [1.29, 1.82) is 0 Å². The summed E-state index contributed by atoms with van der Waals surface area (Å²) >= 11 is 2.64. The van der Waals surface area contributed by atoms with Crippen LogP contribution in [0.15, 0.2) is 22.4 Å². The van der Waals surface area contributed by atoms with E-state index in [1.807, 2.05) is 13.0 Å². The molecule has 0 unspecified atom stereocenters. The van der Waals surface area contributed by atoms with E-state index in [0.717, 1.165) is 30.6 Å². The highest BCUT2D eigenvalue weighted by Crippen LogP contribution is 2.28. The van der Waals surface area contributed by atoms with Crippen LogP contribution >= 0.6 is 22.7 Å². The fourth-order valence-electron chi connectivity index (χ4n) is 2.74. The molecule has 2 heterocycles. The first-order valence-corrected chi connectivity index (χ1v) is 11.1. The molecule has 0 radical (unpaired) electrons. The zero-order chi connectivity index (χ0) is 17.2. The second-order valence-corrected chi connectivity index (χ2v) is 10.2. The number of sulfonamides is 1. The van der Waals surface area contributed by atoms with Crippen LogP contribution in [-0.4, -0.2) is 14.3 Å². The number of nitrogens with one attached hydrogen (secondary N) is 2. The van der Waals surface area contributed by atoms with Gasteiger partial charge in [-0.15, -0.1) is 27.5 Å². The van der Waals surface area contributed by atoms with E-state index in [0.29, 0.717) is 4.88 Å². The maximum Gasteiger partial charge on any atom is 0.276 e. The molecule has 1 amide bonds. The molecule has 0 saturated carbocycles. The van der Waals surface area contributed by atoms with Crippen molar-refractivity contribution < 1.29 is 13.2 Å². The smallest absolute Gasteiger partial charge is 0.273 e. The summed E-state index contributed by atoms with van der Waals surface area (Å²) in [5, 5.41) is 0. The fourth-order valence-corrected chi connectivity index (χ4v) is 6.01. The third-order valence-corrected chi connectivity index (χ3v) is 7.98. The van der Waals surface area contributed by atoms with Crippen molar-refractivity contribution >= 4 is 38.6 Å². The monoisotopic (exact) mass is 384 g/mol. The molecule has 8 heteroatoms. The summed E-state index contributed by atoms with van der Waals surface area (Å²) in [6.07, 6.45) is 6.77. The van der Waals surface area contributed by atoms with E-state index < -0.39 is 15.9 Å². The Hall–Kier alpha value is -1.22. The quantitative estimate of drug-likeness (QED) is 0.793. The summed E-state index contributed by atoms with van der Waals surface area (Å²) in [5.74, 6) is -0.399. The maximum absolute atomic E-state index is 12.3. The van der Waals surface area contributed by atoms with Gasteiger partial charge in [-0.05, 0) is 56.4 Å². The Kier molecular flexibility index (Phi) is 5.39. The highest BCUT2D eigenvalue weighted by Gasteiger charge is 2.20. The maximum atomic E-state index is 12.3. The summed E-state index contributed by atoms with van der Waals surface area (Å²) < 4.78 is 24.5. The number of aryl methyl sites for hydroxylation is 3. The number of thiophene rings is 2. The topological polar surface area (TPSA) is 75.3 Å². The van der Waals surface area contributed by atoms with Gasteiger partial charge in [-0.3, -0.25) is 10.2 Å². The zero-order valence-electron chi connectivity index (χ0n) is 13.4. The first-order valence-electron chi connectivity index (χ1n) is 7.96. The number of carbonyl (C=O) groups is 1. The molecule has 0 atom stereocenters. The van der Waals surface area contributed by atoms with Crippen molar-refractivity contribution in [1.82, 2.24) is 10.3 Å². The highest BCUT2D eigenvalue weighted by atomic mass is 32.2. The van der Waals surface area contributed by atoms with Crippen LogP contribution in [0.2, 0.25) is 0 Å². The number of hydrogen-bond donors (Lipinski definition) is 2. The molecule has 0 aromatic carbocycles. The molecule has 0 saturated heterocycles. The molecule has 0 bridgehead atoms. The standard InChI is InChI=1S/C16H20N2O3S3/c1-11-8-9-15(22-11)24(20,21)18-17-16(19)14-10-12-6-4-2-3-5-7-13(12)23-14/h8-10,18H,2-7H2,1H3,(H,17,19). The minimum atomic E-state index is -3.72. The molecule has 0 fully saturated rings. The summed E-state index contributed by atoms with van der Waals surface area (Å²) in [5.41, 5.74) is 3.57. The Balaban J connectivity index is 1.68. The molecule has 130 valence electrons. The molecule has 0 spiro atoms. The minimum absolute atomic E-state index is 0.193. The van der Waals surface area contributed by atoms with Gasteiger partial charge < -0.3 is 0 Å². The zero-order valence-corrected chi connectivity index (χ0v) is 15.9. The molecule has 2 aromatic rings. The van der Waals surface area contributed by atoms with Gasteiger partial charge in [0, 0.05) is 9.75 Å². The van der Waals surface area contributed by atoms with Crippen molar-refractivity contribution in [2.45, 2.75) is 49.7 Å². The van der Waals surface area contributed by atoms with Gasteiger partial charge in [-0.25, -0.2) is 8.42 Å². The van der Waals surface area contributed by atoms with Crippen LogP contribution in [0, 0.1) is 6.92 Å². The predicted molar refractivity (Wildman–Crippen MR) is 97.0 cm³/mol. The Labute approximate surface area is 150 Å². The summed E-state index contributed by atoms with van der Waals surface area (Å²) in [4.78, 5) is 17.2. The number of amides is 1. The molecule has 0 aliphatic heterocycles. The van der Waals surface area contributed by atoms with Crippen molar-refractivity contribution in [3.05, 3.63) is 38.4 Å². The second-order valence-electron chi connectivity index (χ2n) is 5.90. The van der Waals surface area contributed by atoms with Gasteiger partial charge in [0.25, 0.3) is 15.9 Å². The number of hydrogen-bond acceptors (Lipinski definition) is 5. The van der Waals surface area contributed by atoms with E-state index in [-0.39, 0.29) is 4.21 Å². The SMILES string of the molecule is Cc1ccc(S(=O)(=O)NNC(=O)c2cc3c(s2)CCCCCC3)s1. The molecule has 3 rings (SSSR count). The van der Waals surface area contributed by atoms with Crippen molar-refractivity contribution in [2.24, 2.45) is 0 Å². The third kappa shape index (κ3) is 4.05. The van der Waals surface area contributed by atoms with E-state index in [4.69, 9.17) is 0 Å². The van der Waals surface area contributed by atoms with Crippen LogP contribution in [-0.2, 0) is 22.9 Å². The van der Waals surface area contributed by atoms with Gasteiger partial charge in [-0.2, -0.15) is 0 Å². The lowest BCUT2D eigenvalue weighted by atomic mass is 10.00. The van der Waals surface area contributed by atoms with E-state index in [2.05, 4.69) is 10.3 Å². The van der Waals surface area contributed by atoms with Gasteiger partial charge in [0.1, 0.15) is 4.21 Å². The van der Waals surface area contributed by atoms with Crippen molar-refractivity contribution in [3.63, 3.8) is 0 Å². The van der Waals surface area contributed by atoms with E-state index in [1.54, 1.807) is 6.07 Å². The molecule has 24 heavy (non-hydrogen) atoms. The lowest BCUT2D eigenvalue weighted by Gasteiger charge is -2.07. The number of carbonyl (C=O) groups excluding carboxylic acids is 1. The lowest BCUT2D eigenvalue weighted by molar-refractivity contribution is 0.0949. The van der Waals surface area contributed by atoms with Gasteiger partial charge in [0.05, 0.1) is 4.88 Å². The Morgan fingerprint density at radius 3 is 2.54 bits per heavy atom. The van der Waals surface area contributed by atoms with Gasteiger partial charge in [0.15, 0.2) is 0 Å². The summed E-state index contributed by atoms with van der Waals surface area (Å²) in [6.45, 7) is 1.84. The molecule has 1 aliphatic carbocycles. The normalized spacial score (nSPS) is 15.4. The first kappa shape index (κ1) is 17.6. The highest BCUT2D eigenvalue weighted by molar-refractivity contribution is 7.91. The van der Waals surface area contributed by atoms with Crippen LogP contribution < -0.4 is 10.3 Å². The third-order valence-electron chi connectivity index (χ3n) is 4.00. The number of rotatable bonds is 4. The average Bonchev–Trinajstić information content (AvgIpc) is 3.12. The Bertz CT molecular complexity index is 811. The largest absolute Gasteiger partial charge is 0.276 e. The summed E-state index contributed by atoms with van der Waals surface area (Å²) in [6, 6.07) is 5.18. The first-order chi connectivity index (χ1) is 11.5. The van der Waals surface area contributed by atoms with E-state index in [9.17, 15) is 13.2 Å². The van der Waals surface area contributed by atoms with Crippen LogP contribution in [0.4, 0.5) is 0 Å². The molecule has 2 N–H and O–H groups in total. The molecular weight excluding hydrogens is 364 g/mol. The van der Waals surface area contributed by atoms with Crippen LogP contribution in [0.5, 0.6) is 0 Å². The van der Waals surface area contributed by atoms with Gasteiger partial charge in [-0.1, -0.05) is 12.8 Å². The van der Waals surface area contributed by atoms with Crippen LogP contribution in [0.1, 0.15) is 50.7 Å². The van der Waals surface area contributed by atoms with Crippen molar-refractivity contribution in [2.75, 3.05) is 0 Å². The number of hydrazine groups is 1. The fraction of sp³-hybridized carbons (Fsp3) is 0.438. The van der Waals surface area contributed by atoms with Crippen LogP contribution in [0.25, 0.3) is 0 Å². The number of fused-ring (bicyclic) bond motifs is 1. The Morgan fingerprint density at radius 2 is 1.83 bits per heavy atom. The average molecular weight is 385 g/mol. The molecule has 1 aliphatic rings. The van der Waals surface area contributed by atoms with Crippen molar-refractivity contribution in [3.8, 4) is 0 Å². The molecule has 2 aromatic heterocycles. The van der Waals surface area contributed by atoms with E-state index >= 15 is 0 Å². The molecule has 5 nitrogen and oxygen atoms in total. The Morgan fingerprint density at radius 1 is 1.08 bits per heavy atom. The summed E-state index contributed by atoms with van der Waals surface area (Å²) in [7, 11) is -3.72. The lowest BCUT2D eigenvalue weighted by Crippen LogP contribution is -2.40. The second kappa shape index (κ2) is 7.35. The van der Waals surface area contributed by atoms with Gasteiger partial charge >= 0.3 is 0 Å². The predicted octanol–water partition coefficient (Wildman–Crippen LogP) is 3.40. The minimum Gasteiger partial charge on any atom is -0.273 e. The van der Waals surface area contributed by atoms with Gasteiger partial charge in [0.2, 0.25) is 0 Å².